The quantitative estimate of drug-likeness (QED) is 0.800. The van der Waals surface area contributed by atoms with E-state index >= 15 is 0 Å². The van der Waals surface area contributed by atoms with Crippen LogP contribution in [0.1, 0.15) is 51.5 Å². The Bertz CT molecular complexity index is 808. The molecule has 0 radical (unpaired) electrons. The minimum absolute atomic E-state index is 0.128. The monoisotopic (exact) mass is 398 g/mol. The van der Waals surface area contributed by atoms with Crippen LogP contribution >= 0.6 is 0 Å². The zero-order valence-corrected chi connectivity index (χ0v) is 17.4. The Kier molecular flexibility index (Phi) is 5.52. The van der Waals surface area contributed by atoms with Crippen LogP contribution in [0.5, 0.6) is 0 Å². The van der Waals surface area contributed by atoms with Crippen LogP contribution in [-0.4, -0.2) is 37.1 Å². The average Bonchev–Trinajstić information content (AvgIpc) is 3.32. The number of amides is 1. The second kappa shape index (κ2) is 7.95. The average molecular weight is 399 g/mol. The summed E-state index contributed by atoms with van der Waals surface area (Å²) in [6.07, 6.45) is 5.60. The van der Waals surface area contributed by atoms with Gasteiger partial charge in [-0.05, 0) is 61.1 Å². The smallest absolute Gasteiger partial charge is 0.238 e. The molecule has 2 bridgehead atoms. The number of carbonyl (C=O) groups is 1. The molecule has 1 aliphatic carbocycles. The van der Waals surface area contributed by atoms with Crippen molar-refractivity contribution in [2.45, 2.75) is 70.5 Å². The van der Waals surface area contributed by atoms with Gasteiger partial charge in [0.15, 0.2) is 0 Å². The normalized spacial score (nSPS) is 28.8. The molecule has 3 aliphatic rings. The van der Waals surface area contributed by atoms with Crippen molar-refractivity contribution in [3.05, 3.63) is 29.6 Å². The predicted octanol–water partition coefficient (Wildman–Crippen LogP) is 3.14. The van der Waals surface area contributed by atoms with Crippen LogP contribution in [0.25, 0.3) is 0 Å². The summed E-state index contributed by atoms with van der Waals surface area (Å²) in [6, 6.07) is 6.89. The molecule has 5 nitrogen and oxygen atoms in total. The molecule has 1 amide bonds. The van der Waals surface area contributed by atoms with Gasteiger partial charge in [0.2, 0.25) is 5.91 Å². The standard InChI is InChI=1S/C23H31FN4O/c1-23(2)7-9-28(10-8-23)19-6-4-15(20(24)13-19)11-18(14-25)27-22(29)21-16-3-5-17(12-16)26-21/h4,6,13,16-18,21,26H,3,5,7-12H2,1-2H3,(H,27,29)/t16-,17+,18-,21-/m0/s1. The molecule has 0 aromatic heterocycles. The van der Waals surface area contributed by atoms with Gasteiger partial charge in [-0.15, -0.1) is 0 Å². The lowest BCUT2D eigenvalue weighted by Crippen LogP contribution is -2.50. The van der Waals surface area contributed by atoms with Gasteiger partial charge >= 0.3 is 0 Å². The molecule has 29 heavy (non-hydrogen) atoms. The maximum Gasteiger partial charge on any atom is 0.238 e. The van der Waals surface area contributed by atoms with Gasteiger partial charge in [-0.1, -0.05) is 19.9 Å². The minimum Gasteiger partial charge on any atom is -0.371 e. The summed E-state index contributed by atoms with van der Waals surface area (Å²) in [5.74, 6) is -0.0681. The van der Waals surface area contributed by atoms with E-state index in [9.17, 15) is 14.4 Å². The van der Waals surface area contributed by atoms with Crippen molar-refractivity contribution in [3.8, 4) is 6.07 Å². The van der Waals surface area contributed by atoms with Gasteiger partial charge in [0.25, 0.3) is 0 Å². The second-order valence-electron chi connectivity index (χ2n) is 9.74. The lowest BCUT2D eigenvalue weighted by atomic mass is 9.82. The third-order valence-corrected chi connectivity index (χ3v) is 7.06. The first-order valence-corrected chi connectivity index (χ1v) is 10.8. The molecule has 2 heterocycles. The lowest BCUT2D eigenvalue weighted by Gasteiger charge is -2.38. The first-order valence-electron chi connectivity index (χ1n) is 10.8. The summed E-state index contributed by atoms with van der Waals surface area (Å²) in [5, 5.41) is 15.7. The summed E-state index contributed by atoms with van der Waals surface area (Å²) in [5.41, 5.74) is 1.71. The molecule has 1 saturated carbocycles. The number of fused-ring (bicyclic) bond motifs is 2. The number of benzene rings is 1. The maximum atomic E-state index is 14.8. The molecular formula is C23H31FN4O. The van der Waals surface area contributed by atoms with Crippen LogP contribution in [0, 0.1) is 28.5 Å². The maximum absolute atomic E-state index is 14.8. The van der Waals surface area contributed by atoms with E-state index in [0.29, 0.717) is 22.9 Å². The topological polar surface area (TPSA) is 68.2 Å². The second-order valence-corrected chi connectivity index (χ2v) is 9.74. The molecule has 2 aliphatic heterocycles. The first-order chi connectivity index (χ1) is 13.8. The van der Waals surface area contributed by atoms with Crippen LogP contribution in [0.2, 0.25) is 0 Å². The number of carbonyl (C=O) groups excluding carboxylic acids is 1. The highest BCUT2D eigenvalue weighted by Gasteiger charge is 2.43. The largest absolute Gasteiger partial charge is 0.371 e. The van der Waals surface area contributed by atoms with Crippen LogP contribution in [0.15, 0.2) is 18.2 Å². The highest BCUT2D eigenvalue weighted by molar-refractivity contribution is 5.83. The van der Waals surface area contributed by atoms with Crippen molar-refractivity contribution in [1.29, 1.82) is 5.26 Å². The van der Waals surface area contributed by atoms with Crippen LogP contribution < -0.4 is 15.5 Å². The van der Waals surface area contributed by atoms with Crippen LogP contribution in [0.4, 0.5) is 10.1 Å². The predicted molar refractivity (Wildman–Crippen MR) is 111 cm³/mol. The SMILES string of the molecule is CC1(C)CCN(c2ccc(C[C@@H](C#N)NC(=O)[C@H]3N[C@@H]4CC[C@H]3C4)c(F)c2)CC1. The Balaban J connectivity index is 1.36. The summed E-state index contributed by atoms with van der Waals surface area (Å²) in [7, 11) is 0. The van der Waals surface area contributed by atoms with Gasteiger partial charge in [0.05, 0.1) is 12.1 Å². The molecule has 0 unspecified atom stereocenters. The number of rotatable bonds is 5. The third-order valence-electron chi connectivity index (χ3n) is 7.06. The van der Waals surface area contributed by atoms with Crippen molar-refractivity contribution >= 4 is 11.6 Å². The lowest BCUT2D eigenvalue weighted by molar-refractivity contribution is -0.124. The number of hydrogen-bond acceptors (Lipinski definition) is 4. The number of halogens is 1. The fourth-order valence-electron chi connectivity index (χ4n) is 5.03. The van der Waals surface area contributed by atoms with Crippen LogP contribution in [-0.2, 0) is 11.2 Å². The van der Waals surface area contributed by atoms with Gasteiger partial charge in [0, 0.05) is 31.2 Å². The zero-order chi connectivity index (χ0) is 20.6. The van der Waals surface area contributed by atoms with Crippen molar-refractivity contribution in [2.75, 3.05) is 18.0 Å². The zero-order valence-electron chi connectivity index (χ0n) is 17.4. The van der Waals surface area contributed by atoms with E-state index in [2.05, 4.69) is 35.5 Å². The van der Waals surface area contributed by atoms with Gasteiger partial charge in [-0.25, -0.2) is 4.39 Å². The number of nitrogens with one attached hydrogen (secondary N) is 2. The fraction of sp³-hybridized carbons (Fsp3) is 0.652. The summed E-state index contributed by atoms with van der Waals surface area (Å²) >= 11 is 0. The van der Waals surface area contributed by atoms with Crippen molar-refractivity contribution in [2.24, 2.45) is 11.3 Å². The Labute approximate surface area is 172 Å². The number of nitrogens with zero attached hydrogens (tertiary/aromatic N) is 2. The van der Waals surface area contributed by atoms with E-state index in [1.54, 1.807) is 12.1 Å². The summed E-state index contributed by atoms with van der Waals surface area (Å²) in [6.45, 7) is 6.41. The fourth-order valence-corrected chi connectivity index (χ4v) is 5.03. The number of hydrogen-bond donors (Lipinski definition) is 2. The van der Waals surface area contributed by atoms with E-state index < -0.39 is 6.04 Å². The van der Waals surface area contributed by atoms with Gasteiger partial charge in [-0.2, -0.15) is 5.26 Å². The number of nitriles is 1. The summed E-state index contributed by atoms with van der Waals surface area (Å²) < 4.78 is 14.8. The van der Waals surface area contributed by atoms with E-state index in [1.807, 2.05) is 6.07 Å². The molecule has 4 atom stereocenters. The molecule has 1 aromatic rings. The van der Waals surface area contributed by atoms with E-state index in [0.717, 1.165) is 50.9 Å². The number of anilines is 1. The summed E-state index contributed by atoms with van der Waals surface area (Å²) in [4.78, 5) is 14.8. The Morgan fingerprint density at radius 1 is 1.38 bits per heavy atom. The third kappa shape index (κ3) is 4.40. The first kappa shape index (κ1) is 20.2. The minimum atomic E-state index is -0.723. The van der Waals surface area contributed by atoms with E-state index in [1.165, 1.54) is 0 Å². The van der Waals surface area contributed by atoms with Gasteiger partial charge in [0.1, 0.15) is 11.9 Å². The van der Waals surface area contributed by atoms with Crippen LogP contribution in [0.3, 0.4) is 0 Å². The molecule has 3 fully saturated rings. The highest BCUT2D eigenvalue weighted by Crippen LogP contribution is 2.35. The molecular weight excluding hydrogens is 367 g/mol. The molecule has 6 heteroatoms. The molecule has 156 valence electrons. The van der Waals surface area contributed by atoms with Crippen molar-refractivity contribution < 1.29 is 9.18 Å². The van der Waals surface area contributed by atoms with Crippen molar-refractivity contribution in [1.82, 2.24) is 10.6 Å². The van der Waals surface area contributed by atoms with E-state index in [-0.39, 0.29) is 24.2 Å². The van der Waals surface area contributed by atoms with Crippen molar-refractivity contribution in [3.63, 3.8) is 0 Å². The molecule has 2 saturated heterocycles. The Morgan fingerprint density at radius 3 is 2.72 bits per heavy atom. The molecule has 2 N–H and O–H groups in total. The highest BCUT2D eigenvalue weighted by atomic mass is 19.1. The number of piperidine rings is 2. The van der Waals surface area contributed by atoms with Gasteiger partial charge in [-0.3, -0.25) is 4.79 Å². The molecule has 0 spiro atoms. The van der Waals surface area contributed by atoms with E-state index in [4.69, 9.17) is 0 Å². The molecule has 1 aromatic carbocycles. The van der Waals surface area contributed by atoms with Gasteiger partial charge < -0.3 is 15.5 Å². The Morgan fingerprint density at radius 2 is 2.14 bits per heavy atom. The Hall–Kier alpha value is -2.13. The molecule has 4 rings (SSSR count).